The van der Waals surface area contributed by atoms with E-state index in [0.717, 1.165) is 29.0 Å². The molecule has 1 aliphatic rings. The number of nitrogens with two attached hydrogens (primary N) is 1. The fourth-order valence-electron chi connectivity index (χ4n) is 4.12. The Morgan fingerprint density at radius 3 is 2.62 bits per heavy atom. The summed E-state index contributed by atoms with van der Waals surface area (Å²) in [6.45, 7) is 1.57. The number of hydrogen-bond donors (Lipinski definition) is 1. The maximum atomic E-state index is 14.1. The number of alkyl halides is 3. The van der Waals surface area contributed by atoms with Crippen molar-refractivity contribution >= 4 is 29.3 Å². The van der Waals surface area contributed by atoms with E-state index < -0.39 is 17.8 Å². The predicted molar refractivity (Wildman–Crippen MR) is 126 cm³/mol. The number of fused-ring (bicyclic) bond motifs is 1. The van der Waals surface area contributed by atoms with Gasteiger partial charge in [-0.25, -0.2) is 4.79 Å². The van der Waals surface area contributed by atoms with Gasteiger partial charge in [-0.2, -0.15) is 18.2 Å². The molecule has 5 nitrogen and oxygen atoms in total. The molecule has 3 aromatic rings. The normalized spacial score (nSPS) is 14.9. The molecular weight excluding hydrogens is 467 g/mol. The minimum atomic E-state index is -4.59. The number of carbonyl (C=O) groups excluding carboxylic acids is 1. The molecule has 9 heteroatoms. The number of nitrogens with zero attached hydrogens (tertiary/aromatic N) is 2. The Bertz CT molecular complexity index is 1360. The van der Waals surface area contributed by atoms with Gasteiger partial charge in [0.2, 0.25) is 0 Å². The van der Waals surface area contributed by atoms with Gasteiger partial charge >= 0.3 is 11.9 Å². The van der Waals surface area contributed by atoms with Crippen molar-refractivity contribution in [1.82, 2.24) is 9.55 Å². The zero-order chi connectivity index (χ0) is 24.6. The van der Waals surface area contributed by atoms with E-state index >= 15 is 0 Å². The van der Waals surface area contributed by atoms with Crippen LogP contribution < -0.4 is 11.4 Å². The lowest BCUT2D eigenvalue weighted by Crippen LogP contribution is -2.23. The first-order chi connectivity index (χ1) is 16.0. The lowest BCUT2D eigenvalue weighted by atomic mass is 9.89. The molecule has 1 atom stereocenters. The summed E-state index contributed by atoms with van der Waals surface area (Å²) in [7, 11) is 0. The third-order valence-electron chi connectivity index (χ3n) is 5.81. The number of rotatable bonds is 4. The second-order valence-electron chi connectivity index (χ2n) is 8.25. The summed E-state index contributed by atoms with van der Waals surface area (Å²) in [6, 6.07) is 9.03. The smallest absolute Gasteiger partial charge is 0.383 e. The Kier molecular flexibility index (Phi) is 6.36. The Labute approximate surface area is 198 Å². The molecule has 4 rings (SSSR count). The van der Waals surface area contributed by atoms with Crippen molar-refractivity contribution in [2.24, 2.45) is 0 Å². The van der Waals surface area contributed by atoms with Crippen LogP contribution in [0.4, 0.5) is 19.0 Å². The molecule has 0 bridgehead atoms. The average molecular weight is 488 g/mol. The van der Waals surface area contributed by atoms with Gasteiger partial charge in [-0.05, 0) is 54.2 Å². The van der Waals surface area contributed by atoms with Crippen LogP contribution in [0.1, 0.15) is 51.4 Å². The molecule has 1 heterocycles. The number of Topliss-reactive ketones (excluding diaryl/α,β-unsaturated/α-hetero) is 1. The van der Waals surface area contributed by atoms with Crippen LogP contribution in [-0.2, 0) is 6.42 Å². The molecule has 0 saturated carbocycles. The summed E-state index contributed by atoms with van der Waals surface area (Å²) in [5.74, 6) is -1.90. The predicted octanol–water partition coefficient (Wildman–Crippen LogP) is 5.65. The van der Waals surface area contributed by atoms with E-state index in [1.54, 1.807) is 25.1 Å². The van der Waals surface area contributed by atoms with Gasteiger partial charge in [-0.3, -0.25) is 9.36 Å². The number of benzene rings is 2. The molecule has 0 aliphatic heterocycles. The highest BCUT2D eigenvalue weighted by Crippen LogP contribution is 2.39. The topological polar surface area (TPSA) is 78.0 Å². The summed E-state index contributed by atoms with van der Waals surface area (Å²) >= 11 is 6.34. The second kappa shape index (κ2) is 9.10. The van der Waals surface area contributed by atoms with Gasteiger partial charge in [0.25, 0.3) is 0 Å². The molecule has 176 valence electrons. The highest BCUT2D eigenvalue weighted by atomic mass is 35.5. The van der Waals surface area contributed by atoms with E-state index in [1.165, 1.54) is 30.5 Å². The van der Waals surface area contributed by atoms with Crippen LogP contribution >= 0.6 is 11.6 Å². The van der Waals surface area contributed by atoms with E-state index in [4.69, 9.17) is 17.3 Å². The van der Waals surface area contributed by atoms with E-state index in [9.17, 15) is 22.8 Å². The van der Waals surface area contributed by atoms with Crippen molar-refractivity contribution in [3.8, 4) is 5.69 Å². The van der Waals surface area contributed by atoms with Crippen LogP contribution in [0.15, 0.2) is 53.5 Å². The molecule has 1 unspecified atom stereocenters. The summed E-state index contributed by atoms with van der Waals surface area (Å²) in [4.78, 5) is 27.9. The van der Waals surface area contributed by atoms with Crippen molar-refractivity contribution < 1.29 is 18.0 Å². The molecule has 0 fully saturated rings. The van der Waals surface area contributed by atoms with Crippen LogP contribution in [0.5, 0.6) is 0 Å². The van der Waals surface area contributed by atoms with E-state index in [0.29, 0.717) is 23.1 Å². The zero-order valence-electron chi connectivity index (χ0n) is 18.2. The molecule has 2 aromatic carbocycles. The number of carbonyl (C=O) groups is 1. The van der Waals surface area contributed by atoms with E-state index in [-0.39, 0.29) is 27.9 Å². The van der Waals surface area contributed by atoms with E-state index in [1.807, 2.05) is 0 Å². The van der Waals surface area contributed by atoms with Gasteiger partial charge < -0.3 is 5.73 Å². The third-order valence-corrected chi connectivity index (χ3v) is 6.31. The van der Waals surface area contributed by atoms with Crippen LogP contribution in [0.2, 0.25) is 5.02 Å². The first kappa shape index (κ1) is 23.8. The van der Waals surface area contributed by atoms with Crippen molar-refractivity contribution in [2.75, 3.05) is 5.73 Å². The van der Waals surface area contributed by atoms with Crippen LogP contribution in [-0.4, -0.2) is 21.5 Å². The van der Waals surface area contributed by atoms with Crippen LogP contribution in [0.25, 0.3) is 11.8 Å². The number of anilines is 1. The first-order valence-corrected chi connectivity index (χ1v) is 11.0. The first-order valence-electron chi connectivity index (χ1n) is 10.6. The van der Waals surface area contributed by atoms with Gasteiger partial charge in [0.05, 0.1) is 16.6 Å². The Morgan fingerprint density at radius 2 is 1.91 bits per heavy atom. The van der Waals surface area contributed by atoms with Crippen molar-refractivity contribution in [2.45, 2.75) is 38.3 Å². The van der Waals surface area contributed by atoms with Crippen LogP contribution in [0, 0.1) is 6.92 Å². The minimum Gasteiger partial charge on any atom is -0.383 e. The fourth-order valence-corrected chi connectivity index (χ4v) is 4.32. The van der Waals surface area contributed by atoms with Crippen molar-refractivity contribution in [3.63, 3.8) is 0 Å². The molecule has 0 amide bonds. The molecule has 0 radical (unpaired) electrons. The van der Waals surface area contributed by atoms with Gasteiger partial charge in [0, 0.05) is 18.2 Å². The zero-order valence-corrected chi connectivity index (χ0v) is 19.0. The molecule has 34 heavy (non-hydrogen) atoms. The van der Waals surface area contributed by atoms with Crippen molar-refractivity contribution in [1.29, 1.82) is 0 Å². The Hall–Kier alpha value is -3.39. The average Bonchev–Trinajstić information content (AvgIpc) is 2.76. The van der Waals surface area contributed by atoms with E-state index in [2.05, 4.69) is 4.98 Å². The minimum absolute atomic E-state index is 0.00639. The van der Waals surface area contributed by atoms with Gasteiger partial charge in [0.1, 0.15) is 5.82 Å². The number of aromatic nitrogens is 2. The molecule has 0 saturated heterocycles. The number of ketones is 1. The molecular formula is C25H21ClF3N3O2. The summed E-state index contributed by atoms with van der Waals surface area (Å²) in [5.41, 5.74) is 7.23. The van der Waals surface area contributed by atoms with Gasteiger partial charge in [-0.15, -0.1) is 0 Å². The van der Waals surface area contributed by atoms with Crippen LogP contribution in [0.3, 0.4) is 0 Å². The lowest BCUT2D eigenvalue weighted by molar-refractivity contribution is -0.139. The number of hydrogen-bond acceptors (Lipinski definition) is 4. The standard InChI is InChI=1S/C25H21ClF3N3O2/c1-14-11-17(13-20(23(14)26)32-10-9-22(30)31-24(32)34)19(25(27,28)29)8-6-15-5-7-18-16(12-15)3-2-4-21(18)33/h5-13,19H,2-4H2,1H3,(H2,30,31,34)/b8-6+. The SMILES string of the molecule is Cc1cc(C(/C=C/c2ccc3c(c2)CCCC3=O)C(F)(F)F)cc(-n2ccc(N)nc2=O)c1Cl. The highest BCUT2D eigenvalue weighted by molar-refractivity contribution is 6.33. The summed E-state index contributed by atoms with van der Waals surface area (Å²) in [5, 5.41) is 0.140. The van der Waals surface area contributed by atoms with Crippen molar-refractivity contribution in [3.05, 3.63) is 92.0 Å². The number of aryl methyl sites for hydroxylation is 2. The Morgan fingerprint density at radius 1 is 1.15 bits per heavy atom. The maximum Gasteiger partial charge on any atom is 0.399 e. The monoisotopic (exact) mass is 487 g/mol. The molecule has 2 N–H and O–H groups in total. The van der Waals surface area contributed by atoms with Gasteiger partial charge in [-0.1, -0.05) is 48.0 Å². The quantitative estimate of drug-likeness (QED) is 0.515. The highest BCUT2D eigenvalue weighted by Gasteiger charge is 2.39. The van der Waals surface area contributed by atoms with Gasteiger partial charge in [0.15, 0.2) is 5.78 Å². The summed E-state index contributed by atoms with van der Waals surface area (Å²) in [6.07, 6.45) is 1.14. The maximum absolute atomic E-state index is 14.1. The molecule has 1 aliphatic carbocycles. The number of halogens is 4. The fraction of sp³-hybridized carbons (Fsp3) is 0.240. The number of allylic oxidation sites excluding steroid dienone is 1. The third kappa shape index (κ3) is 4.77. The largest absolute Gasteiger partial charge is 0.399 e. The Balaban J connectivity index is 1.76. The molecule has 0 spiro atoms. The summed E-state index contributed by atoms with van der Waals surface area (Å²) < 4.78 is 43.4. The second-order valence-corrected chi connectivity index (χ2v) is 8.63. The lowest BCUT2D eigenvalue weighted by Gasteiger charge is -2.20. The molecule has 1 aromatic heterocycles. The number of nitrogen functional groups attached to an aromatic ring is 1.